The predicted molar refractivity (Wildman–Crippen MR) is 118 cm³/mol. The third-order valence-electron chi connectivity index (χ3n) is 5.86. The van der Waals surface area contributed by atoms with E-state index in [-0.39, 0.29) is 40.7 Å². The minimum Gasteiger partial charge on any atom is -0.489 e. The lowest BCUT2D eigenvalue weighted by Gasteiger charge is -2.33. The van der Waals surface area contributed by atoms with Crippen LogP contribution >= 0.6 is 0 Å². The van der Waals surface area contributed by atoms with E-state index in [9.17, 15) is 18.4 Å². The highest BCUT2D eigenvalue weighted by molar-refractivity contribution is 5.94. The monoisotopic (exact) mass is 478 g/mol. The molecular formula is C23H28F2N4O5. The van der Waals surface area contributed by atoms with E-state index in [0.29, 0.717) is 44.3 Å². The first-order chi connectivity index (χ1) is 16.2. The van der Waals surface area contributed by atoms with Crippen LogP contribution in [-0.2, 0) is 4.79 Å². The van der Waals surface area contributed by atoms with Crippen LogP contribution in [0.4, 0.5) is 8.78 Å². The van der Waals surface area contributed by atoms with Gasteiger partial charge >= 0.3 is 6.61 Å². The number of oxazole rings is 1. The number of aromatic nitrogens is 1. The molecule has 34 heavy (non-hydrogen) atoms. The summed E-state index contributed by atoms with van der Waals surface area (Å²) in [6.07, 6.45) is 2.07. The number of ether oxygens (including phenoxy) is 2. The summed E-state index contributed by atoms with van der Waals surface area (Å²) in [5, 5.41) is 0. The number of nitrogens with zero attached hydrogens (tertiary/aromatic N) is 3. The molecule has 11 heteroatoms. The highest BCUT2D eigenvalue weighted by Gasteiger charge is 2.30. The highest BCUT2D eigenvalue weighted by Crippen LogP contribution is 2.37. The van der Waals surface area contributed by atoms with Crippen molar-refractivity contribution >= 4 is 11.8 Å². The maximum atomic E-state index is 13.2. The van der Waals surface area contributed by atoms with Crippen LogP contribution in [-0.4, -0.2) is 66.0 Å². The van der Waals surface area contributed by atoms with Gasteiger partial charge in [0.15, 0.2) is 23.0 Å². The molecule has 0 unspecified atom stereocenters. The molecule has 1 aromatic carbocycles. The molecule has 1 saturated heterocycles. The summed E-state index contributed by atoms with van der Waals surface area (Å²) in [5.74, 6) is 0.443. The van der Waals surface area contributed by atoms with Crippen LogP contribution in [0.2, 0.25) is 0 Å². The molecule has 0 spiro atoms. The Morgan fingerprint density at radius 3 is 2.44 bits per heavy atom. The normalized spacial score (nSPS) is 17.1. The summed E-state index contributed by atoms with van der Waals surface area (Å²) >= 11 is 0. The summed E-state index contributed by atoms with van der Waals surface area (Å²) < 4.78 is 41.8. The number of piperazine rings is 1. The van der Waals surface area contributed by atoms with Crippen molar-refractivity contribution in [1.29, 1.82) is 0 Å². The summed E-state index contributed by atoms with van der Waals surface area (Å²) in [4.78, 5) is 32.4. The minimum atomic E-state index is -2.99. The van der Waals surface area contributed by atoms with E-state index in [1.807, 2.05) is 0 Å². The van der Waals surface area contributed by atoms with Crippen LogP contribution in [0, 0.1) is 5.92 Å². The number of hydrogen-bond donors (Lipinski definition) is 1. The van der Waals surface area contributed by atoms with E-state index in [4.69, 9.17) is 14.9 Å². The Kier molecular flexibility index (Phi) is 7.01. The van der Waals surface area contributed by atoms with E-state index >= 15 is 0 Å². The average molecular weight is 478 g/mol. The molecule has 0 radical (unpaired) electrons. The first-order valence-electron chi connectivity index (χ1n) is 11.3. The minimum absolute atomic E-state index is 0.0360. The number of nitrogens with two attached hydrogens (primary N) is 1. The molecule has 1 aliphatic heterocycles. The number of amides is 2. The molecule has 1 aromatic heterocycles. The van der Waals surface area contributed by atoms with Gasteiger partial charge in [0.1, 0.15) is 0 Å². The van der Waals surface area contributed by atoms with Crippen molar-refractivity contribution in [2.75, 3.05) is 32.8 Å². The standard InChI is InChI=1S/C23H28F2N4O5/c1-13(26)20-19(22(31)29-9-7-28(8-10-29)14(2)30)27-21(34-20)16-5-6-17(33-23(24)25)18(11-16)32-12-15-3-4-15/h5-6,11,13,15,23H,3-4,7-10,12,26H2,1-2H3/t13-/m0/s1. The van der Waals surface area contributed by atoms with Gasteiger partial charge < -0.3 is 29.4 Å². The number of carbonyl (C=O) groups is 2. The fraction of sp³-hybridized carbons (Fsp3) is 0.522. The number of halogens is 2. The quantitative estimate of drug-likeness (QED) is 0.621. The van der Waals surface area contributed by atoms with Gasteiger partial charge in [0.2, 0.25) is 11.8 Å². The van der Waals surface area contributed by atoms with E-state index < -0.39 is 12.7 Å². The van der Waals surface area contributed by atoms with Gasteiger partial charge in [-0.3, -0.25) is 9.59 Å². The van der Waals surface area contributed by atoms with Gasteiger partial charge in [0.05, 0.1) is 12.6 Å². The second-order valence-electron chi connectivity index (χ2n) is 8.61. The van der Waals surface area contributed by atoms with Gasteiger partial charge in [-0.25, -0.2) is 4.98 Å². The van der Waals surface area contributed by atoms with Crippen LogP contribution in [0.15, 0.2) is 22.6 Å². The number of alkyl halides is 2. The predicted octanol–water partition coefficient (Wildman–Crippen LogP) is 3.06. The van der Waals surface area contributed by atoms with Crippen LogP contribution in [0.5, 0.6) is 11.5 Å². The largest absolute Gasteiger partial charge is 0.489 e. The smallest absolute Gasteiger partial charge is 0.387 e. The maximum Gasteiger partial charge on any atom is 0.387 e. The molecule has 2 fully saturated rings. The summed E-state index contributed by atoms with van der Waals surface area (Å²) in [7, 11) is 0. The third kappa shape index (κ3) is 5.46. The molecule has 2 heterocycles. The zero-order valence-electron chi connectivity index (χ0n) is 19.1. The number of hydrogen-bond acceptors (Lipinski definition) is 7. The molecule has 1 atom stereocenters. The van der Waals surface area contributed by atoms with Gasteiger partial charge in [-0.15, -0.1) is 0 Å². The molecular weight excluding hydrogens is 450 g/mol. The van der Waals surface area contributed by atoms with Crippen molar-refractivity contribution in [3.63, 3.8) is 0 Å². The van der Waals surface area contributed by atoms with Crippen LogP contribution in [0.3, 0.4) is 0 Å². The maximum absolute atomic E-state index is 13.2. The van der Waals surface area contributed by atoms with Crippen molar-refractivity contribution < 1.29 is 32.3 Å². The Morgan fingerprint density at radius 1 is 1.18 bits per heavy atom. The fourth-order valence-corrected chi connectivity index (χ4v) is 3.73. The van der Waals surface area contributed by atoms with E-state index in [1.165, 1.54) is 25.1 Å². The lowest BCUT2D eigenvalue weighted by Crippen LogP contribution is -2.50. The van der Waals surface area contributed by atoms with Crippen LogP contribution < -0.4 is 15.2 Å². The Morgan fingerprint density at radius 2 is 1.85 bits per heavy atom. The Labute approximate surface area is 195 Å². The molecule has 184 valence electrons. The molecule has 1 saturated carbocycles. The molecule has 0 bridgehead atoms. The summed E-state index contributed by atoms with van der Waals surface area (Å²) in [6.45, 7) is 2.20. The van der Waals surface area contributed by atoms with Crippen molar-refractivity contribution in [1.82, 2.24) is 14.8 Å². The Hall–Kier alpha value is -3.21. The molecule has 2 N–H and O–H groups in total. The number of benzene rings is 1. The molecule has 2 aromatic rings. The van der Waals surface area contributed by atoms with Gasteiger partial charge in [0.25, 0.3) is 5.91 Å². The fourth-order valence-electron chi connectivity index (χ4n) is 3.73. The SMILES string of the molecule is CC(=O)N1CCN(C(=O)c2nc(-c3ccc(OC(F)F)c(OCC4CC4)c3)oc2[C@H](C)N)CC1. The second-order valence-corrected chi connectivity index (χ2v) is 8.61. The first kappa shape index (κ1) is 23.9. The molecule has 2 aliphatic rings. The molecule has 4 rings (SSSR count). The zero-order chi connectivity index (χ0) is 24.4. The van der Waals surface area contributed by atoms with Gasteiger partial charge in [-0.2, -0.15) is 8.78 Å². The van der Waals surface area contributed by atoms with Crippen molar-refractivity contribution in [2.45, 2.75) is 39.3 Å². The summed E-state index contributed by atoms with van der Waals surface area (Å²) in [5.41, 5.74) is 6.58. The topological polar surface area (TPSA) is 111 Å². The second kappa shape index (κ2) is 9.96. The number of rotatable bonds is 8. The van der Waals surface area contributed by atoms with Crippen molar-refractivity contribution in [3.05, 3.63) is 29.7 Å². The molecule has 2 amide bonds. The van der Waals surface area contributed by atoms with Gasteiger partial charge in [-0.1, -0.05) is 0 Å². The van der Waals surface area contributed by atoms with Gasteiger partial charge in [0, 0.05) is 38.7 Å². The zero-order valence-corrected chi connectivity index (χ0v) is 19.1. The lowest BCUT2D eigenvalue weighted by atomic mass is 10.2. The van der Waals surface area contributed by atoms with Gasteiger partial charge in [-0.05, 0) is 43.9 Å². The lowest BCUT2D eigenvalue weighted by molar-refractivity contribution is -0.130. The van der Waals surface area contributed by atoms with Crippen molar-refractivity contribution in [2.24, 2.45) is 11.7 Å². The van der Waals surface area contributed by atoms with E-state index in [0.717, 1.165) is 12.8 Å². The van der Waals surface area contributed by atoms with Crippen LogP contribution in [0.25, 0.3) is 11.5 Å². The Balaban J connectivity index is 1.59. The van der Waals surface area contributed by atoms with Crippen molar-refractivity contribution in [3.8, 4) is 23.0 Å². The molecule has 1 aliphatic carbocycles. The third-order valence-corrected chi connectivity index (χ3v) is 5.86. The summed E-state index contributed by atoms with van der Waals surface area (Å²) in [6, 6.07) is 3.78. The van der Waals surface area contributed by atoms with E-state index in [1.54, 1.807) is 16.7 Å². The van der Waals surface area contributed by atoms with Crippen LogP contribution in [0.1, 0.15) is 49.0 Å². The first-order valence-corrected chi connectivity index (χ1v) is 11.3. The number of carbonyl (C=O) groups excluding carboxylic acids is 2. The average Bonchev–Trinajstić information content (AvgIpc) is 3.52. The molecule has 9 nitrogen and oxygen atoms in total. The Bertz CT molecular complexity index is 1050. The highest BCUT2D eigenvalue weighted by atomic mass is 19.3. The van der Waals surface area contributed by atoms with E-state index in [2.05, 4.69) is 9.72 Å².